The molecular weight excluding hydrogens is 343 g/mol. The van der Waals surface area contributed by atoms with Gasteiger partial charge in [0.1, 0.15) is 18.0 Å². The van der Waals surface area contributed by atoms with Gasteiger partial charge in [0.2, 0.25) is 0 Å². The minimum atomic E-state index is -0.281. The Morgan fingerprint density at radius 1 is 1.04 bits per heavy atom. The minimum Gasteiger partial charge on any atom is -0.351 e. The number of fused-ring (bicyclic) bond motifs is 2. The number of pyridine rings is 1. The predicted molar refractivity (Wildman–Crippen MR) is 101 cm³/mol. The van der Waals surface area contributed by atoms with Gasteiger partial charge in [-0.1, -0.05) is 0 Å². The van der Waals surface area contributed by atoms with E-state index in [4.69, 9.17) is 0 Å². The smallest absolute Gasteiger partial charge is 0.140 e. The van der Waals surface area contributed by atoms with E-state index in [1.807, 2.05) is 25.6 Å². The summed E-state index contributed by atoms with van der Waals surface area (Å²) in [5.74, 6) is 0.480. The van der Waals surface area contributed by atoms with Crippen LogP contribution in [-0.4, -0.2) is 31.3 Å². The van der Waals surface area contributed by atoms with Crippen molar-refractivity contribution < 1.29 is 4.39 Å². The van der Waals surface area contributed by atoms with Crippen molar-refractivity contribution >= 4 is 16.7 Å². The number of halogens is 1. The van der Waals surface area contributed by atoms with Crippen molar-refractivity contribution in [1.29, 1.82) is 0 Å². The van der Waals surface area contributed by atoms with Crippen LogP contribution in [0.5, 0.6) is 0 Å². The second kappa shape index (κ2) is 6.12. The Morgan fingerprint density at radius 3 is 2.81 bits per heavy atom. The molecular formula is C20H17FN6. The van der Waals surface area contributed by atoms with Crippen molar-refractivity contribution in [3.8, 4) is 11.1 Å². The Bertz CT molecular complexity index is 1150. The summed E-state index contributed by atoms with van der Waals surface area (Å²) < 4.78 is 15.6. The molecule has 4 heterocycles. The first-order valence-corrected chi connectivity index (χ1v) is 8.79. The van der Waals surface area contributed by atoms with E-state index in [1.54, 1.807) is 10.7 Å². The first-order chi connectivity index (χ1) is 13.2. The number of rotatable bonds is 2. The number of aromatic nitrogens is 5. The molecule has 0 aliphatic carbocycles. The maximum absolute atomic E-state index is 13.8. The number of benzene rings is 1. The third-order valence-electron chi connectivity index (χ3n) is 4.95. The molecule has 0 atom stereocenters. The monoisotopic (exact) mass is 360 g/mol. The van der Waals surface area contributed by atoms with Gasteiger partial charge in [0.15, 0.2) is 0 Å². The third kappa shape index (κ3) is 2.81. The fourth-order valence-electron chi connectivity index (χ4n) is 3.60. The highest BCUT2D eigenvalue weighted by Crippen LogP contribution is 2.30. The van der Waals surface area contributed by atoms with Crippen LogP contribution in [0.4, 0.5) is 10.2 Å². The molecule has 6 nitrogen and oxygen atoms in total. The van der Waals surface area contributed by atoms with E-state index in [0.29, 0.717) is 6.54 Å². The quantitative estimate of drug-likeness (QED) is 0.550. The maximum atomic E-state index is 13.8. The zero-order chi connectivity index (χ0) is 18.4. The highest BCUT2D eigenvalue weighted by atomic mass is 19.1. The van der Waals surface area contributed by atoms with Gasteiger partial charge in [-0.05, 0) is 29.8 Å². The zero-order valence-corrected chi connectivity index (χ0v) is 14.8. The Labute approximate surface area is 155 Å². The normalized spacial score (nSPS) is 13.8. The lowest BCUT2D eigenvalue weighted by Gasteiger charge is -2.30. The van der Waals surface area contributed by atoms with Crippen molar-refractivity contribution in [3.63, 3.8) is 0 Å². The van der Waals surface area contributed by atoms with Crippen molar-refractivity contribution in [2.75, 3.05) is 11.4 Å². The molecule has 0 bridgehead atoms. The number of hydrogen-bond acceptors (Lipinski definition) is 5. The number of anilines is 1. The lowest BCUT2D eigenvalue weighted by atomic mass is 10.0. The van der Waals surface area contributed by atoms with Crippen LogP contribution in [-0.2, 0) is 20.0 Å². The number of nitrogens with zero attached hydrogens (tertiary/aromatic N) is 6. The molecule has 0 amide bonds. The van der Waals surface area contributed by atoms with Crippen LogP contribution in [0.3, 0.4) is 0 Å². The van der Waals surface area contributed by atoms with E-state index in [9.17, 15) is 4.39 Å². The Hall–Kier alpha value is -3.35. The number of hydrogen-bond donors (Lipinski definition) is 0. The highest BCUT2D eigenvalue weighted by Gasteiger charge is 2.21. The molecule has 4 aromatic rings. The molecule has 0 saturated heterocycles. The summed E-state index contributed by atoms with van der Waals surface area (Å²) >= 11 is 0. The first kappa shape index (κ1) is 15.9. The average Bonchev–Trinajstić information content (AvgIpc) is 3.13. The van der Waals surface area contributed by atoms with Crippen LogP contribution < -0.4 is 4.90 Å². The molecule has 0 fully saturated rings. The lowest BCUT2D eigenvalue weighted by Crippen LogP contribution is -2.31. The third-order valence-corrected chi connectivity index (χ3v) is 4.95. The van der Waals surface area contributed by atoms with Crippen LogP contribution in [0.15, 0.2) is 49.2 Å². The summed E-state index contributed by atoms with van der Waals surface area (Å²) in [4.78, 5) is 15.5. The number of aryl methyl sites for hydroxylation is 1. The minimum absolute atomic E-state index is 0.281. The molecule has 5 rings (SSSR count). The first-order valence-electron chi connectivity index (χ1n) is 8.79. The SMILES string of the molecule is Cn1cc(-c2cnc3c(c2)CN(c2ncnc4ccc(F)cc24)CC3)cn1. The van der Waals surface area contributed by atoms with Crippen LogP contribution in [0.25, 0.3) is 22.0 Å². The van der Waals surface area contributed by atoms with Crippen molar-refractivity contribution in [2.24, 2.45) is 7.05 Å². The van der Waals surface area contributed by atoms with Gasteiger partial charge in [-0.25, -0.2) is 14.4 Å². The lowest BCUT2D eigenvalue weighted by molar-refractivity contribution is 0.629. The molecule has 7 heteroatoms. The molecule has 3 aromatic heterocycles. The summed E-state index contributed by atoms with van der Waals surface area (Å²) in [6.45, 7) is 1.47. The van der Waals surface area contributed by atoms with E-state index < -0.39 is 0 Å². The standard InChI is InChI=1S/C20H17FN6/c1-26-10-15(9-25-26)13-6-14-11-27(5-4-18(14)22-8-13)20-17-7-16(21)2-3-19(17)23-12-24-20/h2-3,6-10,12H,4-5,11H2,1H3. The molecule has 0 unspecified atom stereocenters. The van der Waals surface area contributed by atoms with Crippen molar-refractivity contribution in [3.05, 3.63) is 66.3 Å². The summed E-state index contributed by atoms with van der Waals surface area (Å²) in [5.41, 5.74) is 5.09. The molecule has 1 aromatic carbocycles. The second-order valence-corrected chi connectivity index (χ2v) is 6.76. The summed E-state index contributed by atoms with van der Waals surface area (Å²) in [7, 11) is 1.90. The molecule has 0 radical (unpaired) electrons. The van der Waals surface area contributed by atoms with E-state index in [2.05, 4.69) is 31.0 Å². The Balaban J connectivity index is 1.53. The topological polar surface area (TPSA) is 59.7 Å². The van der Waals surface area contributed by atoms with E-state index in [-0.39, 0.29) is 5.82 Å². The van der Waals surface area contributed by atoms with E-state index >= 15 is 0 Å². The van der Waals surface area contributed by atoms with Crippen LogP contribution >= 0.6 is 0 Å². The second-order valence-electron chi connectivity index (χ2n) is 6.76. The van der Waals surface area contributed by atoms with Crippen LogP contribution in [0.1, 0.15) is 11.3 Å². The van der Waals surface area contributed by atoms with Gasteiger partial charge in [0.05, 0.1) is 11.7 Å². The van der Waals surface area contributed by atoms with Gasteiger partial charge in [-0.15, -0.1) is 0 Å². The fourth-order valence-corrected chi connectivity index (χ4v) is 3.60. The van der Waals surface area contributed by atoms with Gasteiger partial charge in [0, 0.05) is 61.2 Å². The van der Waals surface area contributed by atoms with Crippen LogP contribution in [0.2, 0.25) is 0 Å². The zero-order valence-electron chi connectivity index (χ0n) is 14.8. The van der Waals surface area contributed by atoms with E-state index in [1.165, 1.54) is 18.5 Å². The molecule has 27 heavy (non-hydrogen) atoms. The Morgan fingerprint density at radius 2 is 1.96 bits per heavy atom. The molecule has 0 spiro atoms. The fraction of sp³-hybridized carbons (Fsp3) is 0.200. The molecule has 0 saturated carbocycles. The largest absolute Gasteiger partial charge is 0.351 e. The molecule has 1 aliphatic heterocycles. The highest BCUT2D eigenvalue weighted by molar-refractivity contribution is 5.89. The summed E-state index contributed by atoms with van der Waals surface area (Å²) in [6, 6.07) is 6.78. The van der Waals surface area contributed by atoms with Crippen LogP contribution in [0, 0.1) is 5.82 Å². The van der Waals surface area contributed by atoms with Crippen molar-refractivity contribution in [1.82, 2.24) is 24.7 Å². The van der Waals surface area contributed by atoms with E-state index in [0.717, 1.165) is 52.1 Å². The molecule has 0 N–H and O–H groups in total. The molecule has 134 valence electrons. The van der Waals surface area contributed by atoms with Gasteiger partial charge in [-0.2, -0.15) is 5.10 Å². The van der Waals surface area contributed by atoms with Gasteiger partial charge in [-0.3, -0.25) is 9.67 Å². The summed E-state index contributed by atoms with van der Waals surface area (Å²) in [6.07, 6.45) is 8.08. The van der Waals surface area contributed by atoms with Gasteiger partial charge >= 0.3 is 0 Å². The van der Waals surface area contributed by atoms with Crippen molar-refractivity contribution in [2.45, 2.75) is 13.0 Å². The van der Waals surface area contributed by atoms with Gasteiger partial charge < -0.3 is 4.90 Å². The van der Waals surface area contributed by atoms with Gasteiger partial charge in [0.25, 0.3) is 0 Å². The molecule has 1 aliphatic rings. The Kier molecular flexibility index (Phi) is 3.60. The summed E-state index contributed by atoms with van der Waals surface area (Å²) in [5, 5.41) is 4.97. The maximum Gasteiger partial charge on any atom is 0.140 e. The predicted octanol–water partition coefficient (Wildman–Crippen LogP) is 3.13. The average molecular weight is 360 g/mol.